The molecule has 0 saturated heterocycles. The minimum Gasteiger partial charge on any atom is -0.497 e. The average Bonchev–Trinajstić information content (AvgIpc) is 2.71. The van der Waals surface area contributed by atoms with Gasteiger partial charge in [-0.25, -0.2) is 0 Å². The van der Waals surface area contributed by atoms with Crippen molar-refractivity contribution in [2.24, 2.45) is 0 Å². The third-order valence-electron chi connectivity index (χ3n) is 5.82. The van der Waals surface area contributed by atoms with Crippen LogP contribution in [0.2, 0.25) is 0 Å². The number of ether oxygens (including phenoxy) is 4. The predicted molar refractivity (Wildman–Crippen MR) is 112 cm³/mol. The normalized spacial score (nSPS) is 17.9. The molecule has 0 aromatic heterocycles. The molecule has 5 nitrogen and oxygen atoms in total. The van der Waals surface area contributed by atoms with Gasteiger partial charge in [0.15, 0.2) is 0 Å². The zero-order chi connectivity index (χ0) is 21.2. The largest absolute Gasteiger partial charge is 0.497 e. The first-order valence-corrected chi connectivity index (χ1v) is 9.92. The van der Waals surface area contributed by atoms with Crippen molar-refractivity contribution in [3.8, 4) is 17.2 Å². The number of benzene rings is 2. The molecule has 0 bridgehead atoms. The van der Waals surface area contributed by atoms with Crippen LogP contribution in [0.25, 0.3) is 0 Å². The fraction of sp³-hybridized carbons (Fsp3) is 0.458. The fourth-order valence-electron chi connectivity index (χ4n) is 3.99. The van der Waals surface area contributed by atoms with Crippen molar-refractivity contribution in [1.82, 2.24) is 0 Å². The molecule has 0 spiro atoms. The Hall–Kier alpha value is -2.69. The molecule has 0 N–H and O–H groups in total. The molecule has 1 atom stereocenters. The van der Waals surface area contributed by atoms with Crippen molar-refractivity contribution in [1.29, 1.82) is 0 Å². The summed E-state index contributed by atoms with van der Waals surface area (Å²) in [7, 11) is 3.32. The Morgan fingerprint density at radius 1 is 1.10 bits per heavy atom. The van der Waals surface area contributed by atoms with Gasteiger partial charge >= 0.3 is 5.97 Å². The van der Waals surface area contributed by atoms with Crippen LogP contribution in [0.5, 0.6) is 17.2 Å². The Morgan fingerprint density at radius 2 is 1.86 bits per heavy atom. The number of esters is 1. The molecule has 0 amide bonds. The summed E-state index contributed by atoms with van der Waals surface area (Å²) in [6, 6.07) is 7.52. The third-order valence-corrected chi connectivity index (χ3v) is 5.82. The summed E-state index contributed by atoms with van der Waals surface area (Å²) in [5.74, 6) is 2.29. The molecule has 0 saturated carbocycles. The molecule has 29 heavy (non-hydrogen) atoms. The molecule has 2 aromatic rings. The summed E-state index contributed by atoms with van der Waals surface area (Å²) in [6.07, 6.45) is 1.80. The summed E-state index contributed by atoms with van der Waals surface area (Å²) in [6.45, 7) is 8.36. The first-order chi connectivity index (χ1) is 13.8. The van der Waals surface area contributed by atoms with Crippen LogP contribution >= 0.6 is 0 Å². The highest BCUT2D eigenvalue weighted by atomic mass is 16.5. The number of hydrogen-bond donors (Lipinski definition) is 0. The van der Waals surface area contributed by atoms with E-state index in [1.165, 1.54) is 5.56 Å². The van der Waals surface area contributed by atoms with Crippen molar-refractivity contribution >= 4 is 5.97 Å². The highest BCUT2D eigenvalue weighted by Gasteiger charge is 2.37. The molecule has 1 heterocycles. The molecule has 0 radical (unpaired) electrons. The molecular weight excluding hydrogens is 368 g/mol. The van der Waals surface area contributed by atoms with E-state index in [9.17, 15) is 4.79 Å². The van der Waals surface area contributed by atoms with Gasteiger partial charge in [0.25, 0.3) is 0 Å². The Bertz CT molecular complexity index is 918. The minimum absolute atomic E-state index is 0.208. The summed E-state index contributed by atoms with van der Waals surface area (Å²) in [5, 5.41) is 0. The van der Waals surface area contributed by atoms with Gasteiger partial charge in [-0.15, -0.1) is 0 Å². The zero-order valence-electron chi connectivity index (χ0n) is 18.2. The van der Waals surface area contributed by atoms with E-state index in [-0.39, 0.29) is 19.0 Å². The van der Waals surface area contributed by atoms with Gasteiger partial charge in [-0.2, -0.15) is 0 Å². The molecule has 5 heteroatoms. The van der Waals surface area contributed by atoms with Gasteiger partial charge in [-0.1, -0.05) is 12.1 Å². The topological polar surface area (TPSA) is 54.0 Å². The number of rotatable bonds is 6. The molecule has 3 rings (SSSR count). The van der Waals surface area contributed by atoms with Crippen molar-refractivity contribution in [3.63, 3.8) is 0 Å². The maximum Gasteiger partial charge on any atom is 0.310 e. The maximum atomic E-state index is 12.5. The lowest BCUT2D eigenvalue weighted by molar-refractivity contribution is -0.149. The predicted octanol–water partition coefficient (Wildman–Crippen LogP) is 4.85. The average molecular weight is 398 g/mol. The number of fused-ring (bicyclic) bond motifs is 1. The lowest BCUT2D eigenvalue weighted by Crippen LogP contribution is -2.39. The van der Waals surface area contributed by atoms with Gasteiger partial charge in [0.1, 0.15) is 29.5 Å². The second kappa shape index (κ2) is 8.36. The number of hydrogen-bond acceptors (Lipinski definition) is 5. The van der Waals surface area contributed by atoms with Gasteiger partial charge in [0, 0.05) is 5.56 Å². The third kappa shape index (κ3) is 4.34. The first-order valence-electron chi connectivity index (χ1n) is 9.92. The highest BCUT2D eigenvalue weighted by Crippen LogP contribution is 2.44. The monoisotopic (exact) mass is 398 g/mol. The summed E-state index contributed by atoms with van der Waals surface area (Å²) in [5.41, 5.74) is 4.75. The molecule has 156 valence electrons. The molecule has 2 aromatic carbocycles. The number of methoxy groups -OCH3 is 2. The van der Waals surface area contributed by atoms with E-state index in [0.29, 0.717) is 0 Å². The van der Waals surface area contributed by atoms with Crippen LogP contribution in [0.4, 0.5) is 0 Å². The van der Waals surface area contributed by atoms with Gasteiger partial charge in [-0.3, -0.25) is 4.79 Å². The molecule has 0 unspecified atom stereocenters. The van der Waals surface area contributed by atoms with Gasteiger partial charge < -0.3 is 18.9 Å². The number of carbonyl (C=O) groups excluding carboxylic acids is 1. The summed E-state index contributed by atoms with van der Waals surface area (Å²) < 4.78 is 22.7. The molecular formula is C24H30O5. The molecule has 1 aliphatic heterocycles. The van der Waals surface area contributed by atoms with E-state index in [4.69, 9.17) is 18.9 Å². The van der Waals surface area contributed by atoms with Crippen LogP contribution in [0.3, 0.4) is 0 Å². The van der Waals surface area contributed by atoms with Crippen molar-refractivity contribution in [3.05, 3.63) is 52.1 Å². The standard InChI is InChI=1S/C24H30O5/c1-15-16(2)23-20(17(3)22(15)27-6)10-11-24(4,29-23)13-21(25)28-14-18-8-7-9-19(12-18)26-5/h7-9,12H,10-11,13-14H2,1-6H3/t24-/m0/s1. The van der Waals surface area contributed by atoms with E-state index < -0.39 is 5.60 Å². The highest BCUT2D eigenvalue weighted by molar-refractivity contribution is 5.71. The van der Waals surface area contributed by atoms with Crippen molar-refractivity contribution < 1.29 is 23.7 Å². The quantitative estimate of drug-likeness (QED) is 0.652. The maximum absolute atomic E-state index is 12.5. The van der Waals surface area contributed by atoms with Crippen LogP contribution in [-0.4, -0.2) is 25.8 Å². The lowest BCUT2D eigenvalue weighted by Gasteiger charge is -2.37. The Balaban J connectivity index is 1.70. The van der Waals surface area contributed by atoms with Gasteiger partial charge in [0.05, 0.1) is 20.6 Å². The van der Waals surface area contributed by atoms with Crippen molar-refractivity contribution in [2.75, 3.05) is 14.2 Å². The lowest BCUT2D eigenvalue weighted by atomic mass is 9.85. The molecule has 0 fully saturated rings. The Morgan fingerprint density at radius 3 is 2.55 bits per heavy atom. The molecule has 0 aliphatic carbocycles. The smallest absolute Gasteiger partial charge is 0.310 e. The van der Waals surface area contributed by atoms with E-state index >= 15 is 0 Å². The second-order valence-corrected chi connectivity index (χ2v) is 7.96. The van der Waals surface area contributed by atoms with Crippen LogP contribution < -0.4 is 14.2 Å². The van der Waals surface area contributed by atoms with Crippen LogP contribution in [0.15, 0.2) is 24.3 Å². The van der Waals surface area contributed by atoms with E-state index in [2.05, 4.69) is 6.92 Å². The number of carbonyl (C=O) groups is 1. The summed E-state index contributed by atoms with van der Waals surface area (Å²) >= 11 is 0. The minimum atomic E-state index is -0.587. The first kappa shape index (κ1) is 21.0. The second-order valence-electron chi connectivity index (χ2n) is 7.96. The zero-order valence-corrected chi connectivity index (χ0v) is 18.2. The summed E-state index contributed by atoms with van der Waals surface area (Å²) in [4.78, 5) is 12.5. The van der Waals surface area contributed by atoms with E-state index in [0.717, 1.165) is 52.3 Å². The Kier molecular flexibility index (Phi) is 6.06. The van der Waals surface area contributed by atoms with E-state index in [1.807, 2.05) is 45.0 Å². The van der Waals surface area contributed by atoms with Crippen LogP contribution in [0, 0.1) is 20.8 Å². The fourth-order valence-corrected chi connectivity index (χ4v) is 3.99. The van der Waals surface area contributed by atoms with E-state index in [1.54, 1.807) is 14.2 Å². The van der Waals surface area contributed by atoms with Crippen LogP contribution in [-0.2, 0) is 22.6 Å². The van der Waals surface area contributed by atoms with Gasteiger partial charge in [0.2, 0.25) is 0 Å². The van der Waals surface area contributed by atoms with Gasteiger partial charge in [-0.05, 0) is 74.9 Å². The molecule has 1 aliphatic rings. The SMILES string of the molecule is COc1cccc(COC(=O)C[C@]2(C)CCc3c(C)c(OC)c(C)c(C)c3O2)c1. The van der Waals surface area contributed by atoms with Crippen molar-refractivity contribution in [2.45, 2.75) is 59.2 Å². The van der Waals surface area contributed by atoms with Crippen LogP contribution in [0.1, 0.15) is 47.6 Å². The Labute approximate surface area is 172 Å².